The summed E-state index contributed by atoms with van der Waals surface area (Å²) in [7, 11) is 0. The Labute approximate surface area is 141 Å². The van der Waals surface area contributed by atoms with E-state index in [0.29, 0.717) is 0 Å². The molecule has 9 nitrogen and oxygen atoms in total. The van der Waals surface area contributed by atoms with Gasteiger partial charge in [-0.3, -0.25) is 4.79 Å². The summed E-state index contributed by atoms with van der Waals surface area (Å²) in [4.78, 5) is 54.9. The second kappa shape index (κ2) is 11.8. The number of carbonyl (C=O) groups excluding carboxylic acids is 4. The molecule has 2 radical (unpaired) electrons. The molecule has 5 N–H and O–H groups in total. The number of carbonyl (C=O) groups is 3. The fraction of sp³-hybridized carbons (Fsp3) is 0.615. The van der Waals surface area contributed by atoms with Crippen molar-refractivity contribution in [1.82, 2.24) is 10.6 Å². The Bertz CT molecular complexity index is 445. The normalized spacial score (nSPS) is 14.2. The molecular formula is C13H19N3O6Se. The molecule has 0 aliphatic rings. The van der Waals surface area contributed by atoms with Gasteiger partial charge >= 0.3 is 124 Å². The van der Waals surface area contributed by atoms with Crippen molar-refractivity contribution in [2.45, 2.75) is 49.1 Å². The minimum absolute atomic E-state index is 0.0160. The minimum atomic E-state index is -1.16. The molecule has 0 heterocycles. The maximum absolute atomic E-state index is 11.6. The molecule has 0 saturated carbocycles. The molecule has 0 fully saturated rings. The van der Waals surface area contributed by atoms with Crippen LogP contribution in [0.4, 0.5) is 0 Å². The molecule has 0 spiro atoms. The molecule has 0 bridgehead atoms. The number of nitrogens with two attached hydrogens (primary N) is 1. The Hall–Kier alpha value is -1.77. The van der Waals surface area contributed by atoms with Crippen molar-refractivity contribution >= 4 is 46.4 Å². The predicted octanol–water partition coefficient (Wildman–Crippen LogP) is -2.53. The molecule has 0 unspecified atom stereocenters. The second-order valence-electron chi connectivity index (χ2n) is 4.68. The molecule has 23 heavy (non-hydrogen) atoms. The summed E-state index contributed by atoms with van der Waals surface area (Å²) in [5, 5.41) is 13.6. The van der Waals surface area contributed by atoms with Gasteiger partial charge in [-0.05, 0) is 0 Å². The first-order valence-electron chi connectivity index (χ1n) is 6.77. The van der Waals surface area contributed by atoms with E-state index in [9.17, 15) is 24.0 Å². The molecule has 2 amide bonds. The number of aliphatic carboxylic acids is 1. The summed E-state index contributed by atoms with van der Waals surface area (Å²) in [6.45, 7) is 0. The van der Waals surface area contributed by atoms with Crippen LogP contribution in [-0.2, 0) is 24.0 Å². The fourth-order valence-electron chi connectivity index (χ4n) is 1.50. The van der Waals surface area contributed by atoms with Gasteiger partial charge < -0.3 is 5.73 Å². The third-order valence-electron chi connectivity index (χ3n) is 2.79. The van der Waals surface area contributed by atoms with Crippen molar-refractivity contribution in [3.63, 3.8) is 0 Å². The summed E-state index contributed by atoms with van der Waals surface area (Å²) in [6, 6.07) is -2.88. The zero-order valence-corrected chi connectivity index (χ0v) is 14.2. The Morgan fingerprint density at radius 3 is 2.09 bits per heavy atom. The second-order valence-corrected chi connectivity index (χ2v) is 5.45. The number of nitrogens with one attached hydrogen (secondary N) is 2. The monoisotopic (exact) mass is 393 g/mol. The van der Waals surface area contributed by atoms with Gasteiger partial charge in [0.1, 0.15) is 0 Å². The predicted molar refractivity (Wildman–Crippen MR) is 81.3 cm³/mol. The van der Waals surface area contributed by atoms with Gasteiger partial charge in [-0.2, -0.15) is 0 Å². The first-order chi connectivity index (χ1) is 10.8. The molecule has 0 aliphatic heterocycles. The Morgan fingerprint density at radius 1 is 1.04 bits per heavy atom. The van der Waals surface area contributed by atoms with E-state index < -0.39 is 35.9 Å². The van der Waals surface area contributed by atoms with Gasteiger partial charge in [-0.25, -0.2) is 0 Å². The van der Waals surface area contributed by atoms with Crippen molar-refractivity contribution in [3.05, 3.63) is 0 Å². The Morgan fingerprint density at radius 2 is 1.61 bits per heavy atom. The van der Waals surface area contributed by atoms with Crippen LogP contribution in [0, 0.1) is 0 Å². The van der Waals surface area contributed by atoms with Gasteiger partial charge in [-0.1, -0.05) is 0 Å². The van der Waals surface area contributed by atoms with Crippen molar-refractivity contribution in [1.29, 1.82) is 0 Å². The summed E-state index contributed by atoms with van der Waals surface area (Å²) in [5.41, 5.74) is 5.28. The molecule has 0 saturated heterocycles. The molecule has 0 aliphatic carbocycles. The number of rotatable bonds is 12. The SMILES string of the molecule is N[C@H]([C]=O)CCC(=O)N[C@H]([C]=O)CCC(=O)N[C@@H](C[SeH])C(=O)O. The molecule has 128 valence electrons. The van der Waals surface area contributed by atoms with Crippen LogP contribution in [-0.4, -0.2) is 69.6 Å². The van der Waals surface area contributed by atoms with Gasteiger partial charge in [0, 0.05) is 0 Å². The van der Waals surface area contributed by atoms with Crippen molar-refractivity contribution in [3.8, 4) is 0 Å². The number of hydrogen-bond donors (Lipinski definition) is 4. The van der Waals surface area contributed by atoms with E-state index in [1.807, 2.05) is 0 Å². The van der Waals surface area contributed by atoms with Crippen LogP contribution in [0.25, 0.3) is 0 Å². The molecule has 0 rings (SSSR count). The van der Waals surface area contributed by atoms with Crippen molar-refractivity contribution in [2.75, 3.05) is 0 Å². The zero-order chi connectivity index (χ0) is 17.8. The zero-order valence-electron chi connectivity index (χ0n) is 12.3. The summed E-state index contributed by atoms with van der Waals surface area (Å²) in [5.74, 6) is -2.21. The molecule has 0 aromatic rings. The van der Waals surface area contributed by atoms with E-state index >= 15 is 0 Å². The molecule has 0 aromatic heterocycles. The Balaban J connectivity index is 4.21. The summed E-state index contributed by atoms with van der Waals surface area (Å²) in [6.07, 6.45) is 3.00. The van der Waals surface area contributed by atoms with Gasteiger partial charge in [0.2, 0.25) is 6.29 Å². The quantitative estimate of drug-likeness (QED) is 0.267. The summed E-state index contributed by atoms with van der Waals surface area (Å²) >= 11 is 2.06. The van der Waals surface area contributed by atoms with E-state index in [2.05, 4.69) is 26.6 Å². The van der Waals surface area contributed by atoms with E-state index in [-0.39, 0.29) is 31.0 Å². The number of carboxylic acids is 1. The average Bonchev–Trinajstić information content (AvgIpc) is 2.53. The van der Waals surface area contributed by atoms with Gasteiger partial charge in [0.15, 0.2) is 0 Å². The van der Waals surface area contributed by atoms with Crippen LogP contribution in [0.3, 0.4) is 0 Å². The van der Waals surface area contributed by atoms with Crippen LogP contribution < -0.4 is 16.4 Å². The first-order valence-corrected chi connectivity index (χ1v) is 8.10. The van der Waals surface area contributed by atoms with E-state index in [0.717, 1.165) is 0 Å². The third-order valence-corrected chi connectivity index (χ3v) is 3.55. The first kappa shape index (κ1) is 21.2. The number of hydrogen-bond acceptors (Lipinski definition) is 6. The van der Waals surface area contributed by atoms with E-state index in [1.54, 1.807) is 6.29 Å². The molecule has 3 atom stereocenters. The van der Waals surface area contributed by atoms with Crippen LogP contribution in [0.1, 0.15) is 25.7 Å². The standard InChI is InChI=1S/C13H19N3O6Se/c14-8(5-17)1-3-11(19)15-9(6-18)2-4-12(20)16-10(7-23)13(21)22/h8-10,23H,1-4,7,14H2,(H,15,19)(H,16,20)(H,21,22)/t8-,9-,10-/m0/s1. The van der Waals surface area contributed by atoms with E-state index in [4.69, 9.17) is 10.8 Å². The van der Waals surface area contributed by atoms with Gasteiger partial charge in [0.05, 0.1) is 0 Å². The molecule has 10 heteroatoms. The van der Waals surface area contributed by atoms with Gasteiger partial charge in [-0.15, -0.1) is 0 Å². The van der Waals surface area contributed by atoms with E-state index in [1.165, 1.54) is 6.29 Å². The molecule has 0 aromatic carbocycles. The summed E-state index contributed by atoms with van der Waals surface area (Å²) < 4.78 is 0. The Kier molecular flexibility index (Phi) is 10.8. The molecular weight excluding hydrogens is 373 g/mol. The van der Waals surface area contributed by atoms with Crippen LogP contribution in [0.5, 0.6) is 0 Å². The average molecular weight is 392 g/mol. The van der Waals surface area contributed by atoms with Crippen molar-refractivity contribution < 1.29 is 29.1 Å². The van der Waals surface area contributed by atoms with Gasteiger partial charge in [0.25, 0.3) is 0 Å². The van der Waals surface area contributed by atoms with Crippen LogP contribution in [0.2, 0.25) is 5.32 Å². The maximum atomic E-state index is 11.6. The third kappa shape index (κ3) is 9.77. The number of carboxylic acid groups (broad SMARTS) is 1. The number of amides is 2. The van der Waals surface area contributed by atoms with Crippen LogP contribution >= 0.6 is 0 Å². The van der Waals surface area contributed by atoms with Crippen molar-refractivity contribution in [2.24, 2.45) is 5.73 Å². The fourth-order valence-corrected chi connectivity index (χ4v) is 2.02. The topological polar surface area (TPSA) is 156 Å². The van der Waals surface area contributed by atoms with Crippen LogP contribution in [0.15, 0.2) is 0 Å².